The third-order valence-corrected chi connectivity index (χ3v) is 5.95. The molecule has 0 heterocycles. The summed E-state index contributed by atoms with van der Waals surface area (Å²) in [6.07, 6.45) is 0. The lowest BCUT2D eigenvalue weighted by Crippen LogP contribution is -2.43. The SMILES string of the molecule is Cc1ccccc1OC[C@H](C)NC(=O)CN(C)S(=O)(=O)c1ccc(Cl)cc1. The van der Waals surface area contributed by atoms with Crippen molar-refractivity contribution in [3.05, 3.63) is 59.1 Å². The Balaban J connectivity index is 1.88. The number of aryl methyl sites for hydroxylation is 1. The number of hydrogen-bond donors (Lipinski definition) is 1. The zero-order chi connectivity index (χ0) is 20.0. The maximum absolute atomic E-state index is 12.5. The quantitative estimate of drug-likeness (QED) is 0.726. The van der Waals surface area contributed by atoms with Crippen LogP contribution in [0.1, 0.15) is 12.5 Å². The molecule has 0 unspecified atom stereocenters. The predicted octanol–water partition coefficient (Wildman–Crippen LogP) is 2.85. The second kappa shape index (κ2) is 9.21. The lowest BCUT2D eigenvalue weighted by Gasteiger charge is -2.20. The Labute approximate surface area is 165 Å². The van der Waals surface area contributed by atoms with Crippen LogP contribution in [0.5, 0.6) is 5.75 Å². The maximum atomic E-state index is 12.5. The summed E-state index contributed by atoms with van der Waals surface area (Å²) in [5.41, 5.74) is 1.00. The van der Waals surface area contributed by atoms with Crippen LogP contribution in [0.25, 0.3) is 0 Å². The second-order valence-electron chi connectivity index (χ2n) is 6.26. The first kappa shape index (κ1) is 21.2. The number of hydrogen-bond acceptors (Lipinski definition) is 4. The molecule has 1 atom stereocenters. The molecule has 1 amide bonds. The number of benzene rings is 2. The molecule has 1 N–H and O–H groups in total. The fourth-order valence-corrected chi connectivity index (χ4v) is 3.62. The number of nitrogens with one attached hydrogen (secondary N) is 1. The highest BCUT2D eigenvalue weighted by atomic mass is 35.5. The van der Waals surface area contributed by atoms with Crippen molar-refractivity contribution in [3.8, 4) is 5.75 Å². The van der Waals surface area contributed by atoms with Gasteiger partial charge in [-0.1, -0.05) is 29.8 Å². The molecule has 0 fully saturated rings. The lowest BCUT2D eigenvalue weighted by atomic mass is 10.2. The van der Waals surface area contributed by atoms with Gasteiger partial charge in [0.25, 0.3) is 0 Å². The first-order valence-electron chi connectivity index (χ1n) is 8.40. The van der Waals surface area contributed by atoms with E-state index in [-0.39, 0.29) is 24.1 Å². The molecular weight excluding hydrogens is 388 g/mol. The van der Waals surface area contributed by atoms with Crippen LogP contribution in [0.2, 0.25) is 5.02 Å². The lowest BCUT2D eigenvalue weighted by molar-refractivity contribution is -0.121. The van der Waals surface area contributed by atoms with Crippen LogP contribution in [0, 0.1) is 6.92 Å². The van der Waals surface area contributed by atoms with Gasteiger partial charge in [0.15, 0.2) is 0 Å². The van der Waals surface area contributed by atoms with Crippen LogP contribution in [0.4, 0.5) is 0 Å². The van der Waals surface area contributed by atoms with Gasteiger partial charge in [-0.15, -0.1) is 0 Å². The number of carbonyl (C=O) groups is 1. The van der Waals surface area contributed by atoms with E-state index in [1.807, 2.05) is 31.2 Å². The minimum Gasteiger partial charge on any atom is -0.491 e. The van der Waals surface area contributed by atoms with E-state index in [4.69, 9.17) is 16.3 Å². The first-order valence-corrected chi connectivity index (χ1v) is 10.2. The van der Waals surface area contributed by atoms with Gasteiger partial charge in [-0.25, -0.2) is 8.42 Å². The maximum Gasteiger partial charge on any atom is 0.243 e. The summed E-state index contributed by atoms with van der Waals surface area (Å²) in [6.45, 7) is 3.73. The van der Waals surface area contributed by atoms with E-state index in [1.54, 1.807) is 6.92 Å². The van der Waals surface area contributed by atoms with Crippen LogP contribution in [0.3, 0.4) is 0 Å². The zero-order valence-electron chi connectivity index (χ0n) is 15.5. The van der Waals surface area contributed by atoms with Crippen LogP contribution in [0.15, 0.2) is 53.4 Å². The average Bonchev–Trinajstić information content (AvgIpc) is 2.61. The topological polar surface area (TPSA) is 75.7 Å². The summed E-state index contributed by atoms with van der Waals surface area (Å²) in [4.78, 5) is 12.3. The highest BCUT2D eigenvalue weighted by Crippen LogP contribution is 2.18. The number of sulfonamides is 1. The second-order valence-corrected chi connectivity index (χ2v) is 8.74. The number of rotatable bonds is 8. The van der Waals surface area contributed by atoms with Crippen molar-refractivity contribution in [1.82, 2.24) is 9.62 Å². The molecule has 0 aliphatic heterocycles. The molecule has 0 radical (unpaired) electrons. The summed E-state index contributed by atoms with van der Waals surface area (Å²) in [5.74, 6) is 0.344. The standard InChI is InChI=1S/C19H23ClN2O4S/c1-14-6-4-5-7-18(14)26-13-15(2)21-19(23)12-22(3)27(24,25)17-10-8-16(20)9-11-17/h4-11,15H,12-13H2,1-3H3,(H,21,23)/t15-/m0/s1. The van der Waals surface area contributed by atoms with Gasteiger partial charge in [-0.3, -0.25) is 4.79 Å². The van der Waals surface area contributed by atoms with Gasteiger partial charge in [0, 0.05) is 12.1 Å². The van der Waals surface area contributed by atoms with Crippen LogP contribution >= 0.6 is 11.6 Å². The molecule has 146 valence electrons. The van der Waals surface area contributed by atoms with Gasteiger partial charge in [-0.2, -0.15) is 4.31 Å². The molecule has 0 aliphatic carbocycles. The normalized spacial score (nSPS) is 12.6. The van der Waals surface area contributed by atoms with E-state index in [0.717, 1.165) is 15.6 Å². The van der Waals surface area contributed by atoms with Gasteiger partial charge in [0.05, 0.1) is 17.5 Å². The third-order valence-electron chi connectivity index (χ3n) is 3.88. The zero-order valence-corrected chi connectivity index (χ0v) is 17.0. The Morgan fingerprint density at radius 1 is 1.19 bits per heavy atom. The summed E-state index contributed by atoms with van der Waals surface area (Å²) in [7, 11) is -2.41. The van der Waals surface area contributed by atoms with Crippen LogP contribution in [-0.2, 0) is 14.8 Å². The predicted molar refractivity (Wildman–Crippen MR) is 106 cm³/mol. The van der Waals surface area contributed by atoms with Gasteiger partial charge >= 0.3 is 0 Å². The molecular formula is C19H23ClN2O4S. The summed E-state index contributed by atoms with van der Waals surface area (Å²) >= 11 is 5.78. The Kier molecular flexibility index (Phi) is 7.24. The van der Waals surface area contributed by atoms with Gasteiger partial charge < -0.3 is 10.1 Å². The highest BCUT2D eigenvalue weighted by molar-refractivity contribution is 7.89. The Morgan fingerprint density at radius 2 is 1.81 bits per heavy atom. The van der Waals surface area contributed by atoms with Crippen LogP contribution < -0.4 is 10.1 Å². The summed E-state index contributed by atoms with van der Waals surface area (Å²) in [6, 6.07) is 13.1. The Morgan fingerprint density at radius 3 is 2.44 bits per heavy atom. The molecule has 6 nitrogen and oxygen atoms in total. The molecule has 27 heavy (non-hydrogen) atoms. The number of ether oxygens (including phenoxy) is 1. The van der Waals surface area contributed by atoms with Crippen LogP contribution in [-0.4, -0.2) is 44.9 Å². The van der Waals surface area contributed by atoms with E-state index in [2.05, 4.69) is 5.32 Å². The molecule has 0 spiro atoms. The molecule has 2 rings (SSSR count). The van der Waals surface area contributed by atoms with Crippen molar-refractivity contribution in [2.45, 2.75) is 24.8 Å². The van der Waals surface area contributed by atoms with Crippen molar-refractivity contribution in [3.63, 3.8) is 0 Å². The summed E-state index contributed by atoms with van der Waals surface area (Å²) in [5, 5.41) is 3.18. The smallest absolute Gasteiger partial charge is 0.243 e. The molecule has 0 saturated heterocycles. The molecule has 2 aromatic carbocycles. The number of carbonyl (C=O) groups excluding carboxylic acids is 1. The molecule has 0 bridgehead atoms. The van der Waals surface area contributed by atoms with E-state index >= 15 is 0 Å². The van der Waals surface area contributed by atoms with Gasteiger partial charge in [-0.05, 0) is 49.7 Å². The van der Waals surface area contributed by atoms with Crippen molar-refractivity contribution >= 4 is 27.5 Å². The van der Waals surface area contributed by atoms with E-state index in [0.29, 0.717) is 5.02 Å². The van der Waals surface area contributed by atoms with Crippen molar-refractivity contribution < 1.29 is 17.9 Å². The number of amides is 1. The molecule has 0 saturated carbocycles. The number of nitrogens with zero attached hydrogens (tertiary/aromatic N) is 1. The number of halogens is 1. The number of para-hydroxylation sites is 1. The van der Waals surface area contributed by atoms with Crippen molar-refractivity contribution in [2.75, 3.05) is 20.2 Å². The molecule has 2 aromatic rings. The minimum atomic E-state index is -3.76. The monoisotopic (exact) mass is 410 g/mol. The van der Waals surface area contributed by atoms with Crippen molar-refractivity contribution in [2.24, 2.45) is 0 Å². The fourth-order valence-electron chi connectivity index (χ4n) is 2.37. The minimum absolute atomic E-state index is 0.0816. The fraction of sp³-hybridized carbons (Fsp3) is 0.316. The third kappa shape index (κ3) is 5.95. The summed E-state index contributed by atoms with van der Waals surface area (Å²) < 4.78 is 31.7. The van der Waals surface area contributed by atoms with E-state index in [1.165, 1.54) is 31.3 Å². The Bertz CT molecular complexity index is 885. The van der Waals surface area contributed by atoms with E-state index in [9.17, 15) is 13.2 Å². The number of likely N-dealkylation sites (N-methyl/N-ethyl adjacent to an activating group) is 1. The molecule has 0 aliphatic rings. The van der Waals surface area contributed by atoms with Crippen molar-refractivity contribution in [1.29, 1.82) is 0 Å². The van der Waals surface area contributed by atoms with Gasteiger partial charge in [0.2, 0.25) is 15.9 Å². The largest absolute Gasteiger partial charge is 0.491 e. The van der Waals surface area contributed by atoms with E-state index < -0.39 is 15.9 Å². The Hall–Kier alpha value is -2.09. The average molecular weight is 411 g/mol. The first-order chi connectivity index (χ1) is 12.7. The molecule has 8 heteroatoms. The molecule has 0 aromatic heterocycles. The van der Waals surface area contributed by atoms with Gasteiger partial charge in [0.1, 0.15) is 12.4 Å². The highest BCUT2D eigenvalue weighted by Gasteiger charge is 2.23.